The summed E-state index contributed by atoms with van der Waals surface area (Å²) in [6, 6.07) is 21.7. The molecule has 5 rings (SSSR count). The van der Waals surface area contributed by atoms with Gasteiger partial charge in [-0.25, -0.2) is 9.97 Å². The fourth-order valence-electron chi connectivity index (χ4n) is 3.62. The second-order valence-corrected chi connectivity index (χ2v) is 7.00. The van der Waals surface area contributed by atoms with E-state index in [0.29, 0.717) is 12.1 Å². The van der Waals surface area contributed by atoms with E-state index >= 15 is 0 Å². The quantitative estimate of drug-likeness (QED) is 0.243. The van der Waals surface area contributed by atoms with Crippen LogP contribution >= 0.6 is 0 Å². The molecule has 3 N–H and O–H groups in total. The van der Waals surface area contributed by atoms with Crippen molar-refractivity contribution in [1.82, 2.24) is 25.2 Å². The number of hydrogen-bond acceptors (Lipinski definition) is 5. The standard InChI is InChI=1S/C23H18N6O/c24-23(28-30)17-6-8-20-19(11-17)22(26-14-25-20)16-7-9-21-18(10-16)12-27-29(21)13-15-4-2-1-3-5-15/h1-12,14,30H,13H2,(H2,24,28). The molecule has 5 aromatic rings. The van der Waals surface area contributed by atoms with Crippen molar-refractivity contribution in [3.8, 4) is 11.3 Å². The van der Waals surface area contributed by atoms with Crippen LogP contribution in [-0.4, -0.2) is 30.8 Å². The normalized spacial score (nSPS) is 11.1. The van der Waals surface area contributed by atoms with Crippen LogP contribution in [0.2, 0.25) is 0 Å². The third-order valence-corrected chi connectivity index (χ3v) is 5.13. The Labute approximate surface area is 172 Å². The van der Waals surface area contributed by atoms with E-state index in [1.807, 2.05) is 46.7 Å². The van der Waals surface area contributed by atoms with Crippen molar-refractivity contribution < 1.29 is 5.21 Å². The molecule has 7 nitrogen and oxygen atoms in total. The minimum absolute atomic E-state index is 0.0793. The molecule has 0 saturated heterocycles. The minimum atomic E-state index is -0.0793. The van der Waals surface area contributed by atoms with Crippen molar-refractivity contribution in [2.45, 2.75) is 6.54 Å². The molecule has 7 heteroatoms. The lowest BCUT2D eigenvalue weighted by molar-refractivity contribution is 0.234. The SMILES string of the molecule is N=C(NO)c1ccc2ncnc(-c3ccc4c(cnn4Cc4ccccc4)c3)c2c1. The zero-order valence-corrected chi connectivity index (χ0v) is 15.9. The summed E-state index contributed by atoms with van der Waals surface area (Å²) in [6.45, 7) is 0.708. The number of fused-ring (bicyclic) bond motifs is 2. The van der Waals surface area contributed by atoms with Crippen molar-refractivity contribution in [2.75, 3.05) is 0 Å². The van der Waals surface area contributed by atoms with Crippen molar-refractivity contribution >= 4 is 27.6 Å². The van der Waals surface area contributed by atoms with E-state index in [9.17, 15) is 0 Å². The van der Waals surface area contributed by atoms with E-state index < -0.39 is 0 Å². The van der Waals surface area contributed by atoms with E-state index in [4.69, 9.17) is 10.6 Å². The van der Waals surface area contributed by atoms with E-state index in [1.54, 1.807) is 12.1 Å². The lowest BCUT2D eigenvalue weighted by Gasteiger charge is -2.09. The van der Waals surface area contributed by atoms with Gasteiger partial charge in [0, 0.05) is 21.9 Å². The van der Waals surface area contributed by atoms with Crippen molar-refractivity contribution in [1.29, 1.82) is 5.41 Å². The fraction of sp³-hybridized carbons (Fsp3) is 0.0435. The van der Waals surface area contributed by atoms with Gasteiger partial charge < -0.3 is 0 Å². The molecule has 0 spiro atoms. The number of amidine groups is 1. The summed E-state index contributed by atoms with van der Waals surface area (Å²) in [7, 11) is 0. The molecule has 3 aromatic carbocycles. The first-order valence-corrected chi connectivity index (χ1v) is 9.46. The van der Waals surface area contributed by atoms with Crippen LogP contribution < -0.4 is 5.48 Å². The molecule has 0 aliphatic carbocycles. The Kier molecular flexibility index (Phi) is 4.42. The Morgan fingerprint density at radius 3 is 2.70 bits per heavy atom. The Hall–Kier alpha value is -4.10. The van der Waals surface area contributed by atoms with E-state index in [2.05, 4.69) is 39.3 Å². The van der Waals surface area contributed by atoms with E-state index in [-0.39, 0.29) is 5.84 Å². The van der Waals surface area contributed by atoms with E-state index in [1.165, 1.54) is 11.9 Å². The molecule has 0 aliphatic heterocycles. The highest BCUT2D eigenvalue weighted by molar-refractivity contribution is 6.02. The number of hydroxylamine groups is 1. The summed E-state index contributed by atoms with van der Waals surface area (Å²) in [5, 5.41) is 23.3. The summed E-state index contributed by atoms with van der Waals surface area (Å²) in [4.78, 5) is 8.82. The summed E-state index contributed by atoms with van der Waals surface area (Å²) in [5.74, 6) is -0.0793. The predicted octanol–water partition coefficient (Wildman–Crippen LogP) is 4.00. The first-order chi connectivity index (χ1) is 14.7. The lowest BCUT2D eigenvalue weighted by atomic mass is 10.0. The van der Waals surface area contributed by atoms with Crippen LogP contribution in [0.25, 0.3) is 33.1 Å². The molecule has 0 aliphatic rings. The number of benzene rings is 3. The zero-order chi connectivity index (χ0) is 20.5. The van der Waals surface area contributed by atoms with Gasteiger partial charge in [0.2, 0.25) is 0 Å². The largest absolute Gasteiger partial charge is 0.290 e. The first kappa shape index (κ1) is 18.0. The van der Waals surface area contributed by atoms with Crippen molar-refractivity contribution in [2.24, 2.45) is 0 Å². The van der Waals surface area contributed by atoms with Gasteiger partial charge >= 0.3 is 0 Å². The van der Waals surface area contributed by atoms with Crippen LogP contribution in [0.3, 0.4) is 0 Å². The van der Waals surface area contributed by atoms with Crippen LogP contribution in [0.1, 0.15) is 11.1 Å². The molecule has 0 saturated carbocycles. The van der Waals surface area contributed by atoms with E-state index in [0.717, 1.165) is 33.1 Å². The molecule has 2 heterocycles. The average molecular weight is 394 g/mol. The number of aromatic nitrogens is 4. The number of nitrogens with one attached hydrogen (secondary N) is 2. The van der Waals surface area contributed by atoms with Gasteiger partial charge in [0.1, 0.15) is 12.2 Å². The smallest absolute Gasteiger partial charge is 0.149 e. The van der Waals surface area contributed by atoms with Gasteiger partial charge in [-0.2, -0.15) is 5.10 Å². The van der Waals surface area contributed by atoms with Gasteiger partial charge in [-0.15, -0.1) is 0 Å². The van der Waals surface area contributed by atoms with Gasteiger partial charge in [-0.3, -0.25) is 20.8 Å². The molecule has 0 fully saturated rings. The highest BCUT2D eigenvalue weighted by Gasteiger charge is 2.11. The van der Waals surface area contributed by atoms with Crippen molar-refractivity contribution in [3.05, 3.63) is 90.4 Å². The highest BCUT2D eigenvalue weighted by Crippen LogP contribution is 2.29. The van der Waals surface area contributed by atoms with Crippen LogP contribution in [0, 0.1) is 5.41 Å². The van der Waals surface area contributed by atoms with Gasteiger partial charge in [0.05, 0.1) is 29.5 Å². The van der Waals surface area contributed by atoms with Crippen LogP contribution in [0.4, 0.5) is 0 Å². The number of nitrogens with zero attached hydrogens (tertiary/aromatic N) is 4. The zero-order valence-electron chi connectivity index (χ0n) is 15.9. The van der Waals surface area contributed by atoms with Gasteiger partial charge in [-0.05, 0) is 35.9 Å². The van der Waals surface area contributed by atoms with Crippen LogP contribution in [0.5, 0.6) is 0 Å². The maximum atomic E-state index is 9.06. The Morgan fingerprint density at radius 1 is 1.00 bits per heavy atom. The second kappa shape index (κ2) is 7.38. The Morgan fingerprint density at radius 2 is 1.87 bits per heavy atom. The van der Waals surface area contributed by atoms with Gasteiger partial charge in [-0.1, -0.05) is 36.4 Å². The molecule has 146 valence electrons. The fourth-order valence-corrected chi connectivity index (χ4v) is 3.62. The minimum Gasteiger partial charge on any atom is -0.290 e. The molecular weight excluding hydrogens is 376 g/mol. The first-order valence-electron chi connectivity index (χ1n) is 9.46. The number of rotatable bonds is 4. The predicted molar refractivity (Wildman–Crippen MR) is 116 cm³/mol. The maximum Gasteiger partial charge on any atom is 0.149 e. The third-order valence-electron chi connectivity index (χ3n) is 5.13. The summed E-state index contributed by atoms with van der Waals surface area (Å²) >= 11 is 0. The Balaban J connectivity index is 1.58. The van der Waals surface area contributed by atoms with Crippen molar-refractivity contribution in [3.63, 3.8) is 0 Å². The highest BCUT2D eigenvalue weighted by atomic mass is 16.5. The monoisotopic (exact) mass is 394 g/mol. The maximum absolute atomic E-state index is 9.06. The molecule has 0 atom stereocenters. The van der Waals surface area contributed by atoms with Crippen LogP contribution in [-0.2, 0) is 6.54 Å². The molecule has 0 radical (unpaired) electrons. The molecule has 0 unspecified atom stereocenters. The molecule has 0 bridgehead atoms. The second-order valence-electron chi connectivity index (χ2n) is 7.00. The topological polar surface area (TPSA) is 99.7 Å². The lowest BCUT2D eigenvalue weighted by Crippen LogP contribution is -2.18. The summed E-state index contributed by atoms with van der Waals surface area (Å²) in [5.41, 5.74) is 7.16. The third kappa shape index (κ3) is 3.17. The van der Waals surface area contributed by atoms with Crippen LogP contribution in [0.15, 0.2) is 79.3 Å². The molecule has 30 heavy (non-hydrogen) atoms. The molecule has 0 amide bonds. The number of hydrogen-bond donors (Lipinski definition) is 3. The summed E-state index contributed by atoms with van der Waals surface area (Å²) < 4.78 is 1.99. The molecular formula is C23H18N6O. The molecule has 2 aromatic heterocycles. The van der Waals surface area contributed by atoms with Gasteiger partial charge in [0.15, 0.2) is 0 Å². The Bertz CT molecular complexity index is 1380. The average Bonchev–Trinajstić information content (AvgIpc) is 3.20. The summed E-state index contributed by atoms with van der Waals surface area (Å²) in [6.07, 6.45) is 3.40. The van der Waals surface area contributed by atoms with Gasteiger partial charge in [0.25, 0.3) is 0 Å².